The molecule has 0 aromatic rings. The summed E-state index contributed by atoms with van der Waals surface area (Å²) in [5.74, 6) is 1.55. The first-order chi connectivity index (χ1) is 10.2. The monoisotopic (exact) mass is 418 g/mol. The average Bonchev–Trinajstić information content (AvgIpc) is 2.47. The Bertz CT molecular complexity index is 293. The van der Waals surface area contributed by atoms with Crippen LogP contribution in [0, 0.1) is 11.8 Å². The van der Waals surface area contributed by atoms with Crippen LogP contribution in [0.25, 0.3) is 0 Å². The van der Waals surface area contributed by atoms with Crippen LogP contribution in [0.3, 0.4) is 0 Å². The van der Waals surface area contributed by atoms with Crippen LogP contribution < -0.4 is 0 Å². The Hall–Kier alpha value is 0.679. The Balaban J connectivity index is 3.01. The van der Waals surface area contributed by atoms with Gasteiger partial charge in [0.1, 0.15) is 0 Å². The summed E-state index contributed by atoms with van der Waals surface area (Å²) in [5, 5.41) is 0. The number of hydrogen-bond acceptors (Lipinski definition) is 3. The third-order valence-electron chi connectivity index (χ3n) is 4.90. The molecule has 1 aliphatic heterocycles. The van der Waals surface area contributed by atoms with Gasteiger partial charge in [-0.2, -0.15) is 0 Å². The van der Waals surface area contributed by atoms with E-state index in [4.69, 9.17) is 0 Å². The second-order valence-electron chi connectivity index (χ2n) is 7.95. The molecule has 0 aromatic heterocycles. The first-order valence-corrected chi connectivity index (χ1v) is 13.3. The zero-order valence-electron chi connectivity index (χ0n) is 16.6. The summed E-state index contributed by atoms with van der Waals surface area (Å²) in [7, 11) is 0. The van der Waals surface area contributed by atoms with Gasteiger partial charge < -0.3 is 0 Å². The van der Waals surface area contributed by atoms with Crippen molar-refractivity contribution in [3.05, 3.63) is 0 Å². The summed E-state index contributed by atoms with van der Waals surface area (Å²) in [4.78, 5) is 0. The number of rotatable bonds is 9. The van der Waals surface area contributed by atoms with E-state index in [9.17, 15) is 0 Å². The van der Waals surface area contributed by atoms with Crippen LogP contribution in [0.4, 0.5) is 0 Å². The van der Waals surface area contributed by atoms with E-state index in [0.717, 1.165) is 23.9 Å². The molecule has 0 N–H and O–H groups in total. The molecule has 0 amide bonds. The van der Waals surface area contributed by atoms with Gasteiger partial charge in [0.25, 0.3) is 0 Å². The van der Waals surface area contributed by atoms with E-state index in [2.05, 4.69) is 71.7 Å². The Kier molecular flexibility index (Phi) is 8.70. The third-order valence-corrected chi connectivity index (χ3v) is 14.8. The Morgan fingerprint density at radius 2 is 1.18 bits per heavy atom. The average molecular weight is 417 g/mol. The molecule has 0 saturated carbocycles. The van der Waals surface area contributed by atoms with Crippen molar-refractivity contribution in [2.75, 3.05) is 13.1 Å². The van der Waals surface area contributed by atoms with Gasteiger partial charge in [-0.3, -0.25) is 0 Å². The van der Waals surface area contributed by atoms with Crippen molar-refractivity contribution in [3.8, 4) is 0 Å². The van der Waals surface area contributed by atoms with E-state index < -0.39 is 20.6 Å². The van der Waals surface area contributed by atoms with Gasteiger partial charge in [-0.05, 0) is 0 Å². The van der Waals surface area contributed by atoms with E-state index >= 15 is 0 Å². The zero-order valence-corrected chi connectivity index (χ0v) is 19.4. The van der Waals surface area contributed by atoms with Gasteiger partial charge >= 0.3 is 148 Å². The fourth-order valence-electron chi connectivity index (χ4n) is 3.39. The Morgan fingerprint density at radius 1 is 0.818 bits per heavy atom. The van der Waals surface area contributed by atoms with Gasteiger partial charge in [-0.15, -0.1) is 0 Å². The molecule has 1 fully saturated rings. The fraction of sp³-hybridized carbons (Fsp3) is 1.00. The summed E-state index contributed by atoms with van der Waals surface area (Å²) >= 11 is -1.86. The summed E-state index contributed by atoms with van der Waals surface area (Å²) in [6, 6.07) is 1.45. The minimum atomic E-state index is -1.86. The topological polar surface area (TPSA) is 9.72 Å². The molecule has 131 valence electrons. The van der Waals surface area contributed by atoms with E-state index in [0.29, 0.717) is 6.17 Å². The SMILES string of the molecule is CCC(C)[N](C(C)CC)[Sn]1[N](CC(C)C)C(C)[N]1CC(C)C. The van der Waals surface area contributed by atoms with Crippen molar-refractivity contribution in [1.82, 2.24) is 9.36 Å². The van der Waals surface area contributed by atoms with Crippen LogP contribution in [0.5, 0.6) is 0 Å². The Morgan fingerprint density at radius 3 is 1.45 bits per heavy atom. The van der Waals surface area contributed by atoms with E-state index in [-0.39, 0.29) is 0 Å². The molecule has 1 radical (unpaired) electrons. The molecule has 3 nitrogen and oxygen atoms in total. The molecule has 1 heterocycles. The predicted octanol–water partition coefficient (Wildman–Crippen LogP) is 4.15. The van der Waals surface area contributed by atoms with Crippen LogP contribution in [0.15, 0.2) is 0 Å². The van der Waals surface area contributed by atoms with Gasteiger partial charge in [0.15, 0.2) is 0 Å². The molecule has 0 aromatic carbocycles. The van der Waals surface area contributed by atoms with Crippen LogP contribution in [-0.2, 0) is 0 Å². The first kappa shape index (κ1) is 20.7. The zero-order chi connectivity index (χ0) is 17.0. The van der Waals surface area contributed by atoms with Crippen molar-refractivity contribution in [1.29, 1.82) is 0 Å². The van der Waals surface area contributed by atoms with Gasteiger partial charge in [-0.1, -0.05) is 0 Å². The van der Waals surface area contributed by atoms with Crippen LogP contribution in [0.2, 0.25) is 0 Å². The molecular weight excluding hydrogens is 377 g/mol. The van der Waals surface area contributed by atoms with E-state index in [1.807, 2.05) is 0 Å². The summed E-state index contributed by atoms with van der Waals surface area (Å²) < 4.78 is 8.79. The summed E-state index contributed by atoms with van der Waals surface area (Å²) in [6.45, 7) is 24.1. The number of nitrogens with zero attached hydrogens (tertiary/aromatic N) is 3. The first-order valence-electron chi connectivity index (χ1n) is 9.42. The van der Waals surface area contributed by atoms with Crippen molar-refractivity contribution in [2.45, 2.75) is 93.4 Å². The minimum absolute atomic E-state index is 0.662. The molecule has 2 unspecified atom stereocenters. The van der Waals surface area contributed by atoms with Crippen molar-refractivity contribution in [2.24, 2.45) is 11.8 Å². The summed E-state index contributed by atoms with van der Waals surface area (Å²) in [6.07, 6.45) is 3.21. The van der Waals surface area contributed by atoms with Crippen LogP contribution >= 0.6 is 0 Å². The fourth-order valence-corrected chi connectivity index (χ4v) is 14.5. The van der Waals surface area contributed by atoms with Crippen LogP contribution in [0.1, 0.15) is 75.2 Å². The molecular formula is C18H40N3Sn. The quantitative estimate of drug-likeness (QED) is 0.522. The standard InChI is InChI=1S/C10H22N2.C8H18N.Sn/c1-8(2)6-11-10(5)12-7-9(3)4;1-5-7(3)9-8(4)6-2;/h8-10H,6-7H2,1-5H3;7-8H,5-6H2,1-4H3;/q-2;-1;+3. The maximum absolute atomic E-state index is 2.97. The predicted molar refractivity (Wildman–Crippen MR) is 99.6 cm³/mol. The molecule has 4 heteroatoms. The van der Waals surface area contributed by atoms with Crippen molar-refractivity contribution >= 4 is 20.6 Å². The van der Waals surface area contributed by atoms with Gasteiger partial charge in [0, 0.05) is 0 Å². The summed E-state index contributed by atoms with van der Waals surface area (Å²) in [5.41, 5.74) is 0. The Labute approximate surface area is 148 Å². The molecule has 1 rings (SSSR count). The molecule has 22 heavy (non-hydrogen) atoms. The molecule has 1 aliphatic rings. The van der Waals surface area contributed by atoms with E-state index in [1.165, 1.54) is 25.9 Å². The van der Waals surface area contributed by atoms with Crippen LogP contribution in [-0.4, -0.2) is 61.3 Å². The molecule has 0 aliphatic carbocycles. The van der Waals surface area contributed by atoms with Gasteiger partial charge in [0.05, 0.1) is 0 Å². The second-order valence-corrected chi connectivity index (χ2v) is 14.4. The second kappa shape index (κ2) is 9.24. The van der Waals surface area contributed by atoms with E-state index in [1.54, 1.807) is 0 Å². The molecule has 1 saturated heterocycles. The third kappa shape index (κ3) is 4.84. The van der Waals surface area contributed by atoms with Gasteiger partial charge in [0.2, 0.25) is 0 Å². The van der Waals surface area contributed by atoms with Crippen molar-refractivity contribution in [3.63, 3.8) is 0 Å². The molecule has 0 bridgehead atoms. The normalized spacial score (nSPS) is 21.8. The molecule has 0 spiro atoms. The number of hydrogen-bond donors (Lipinski definition) is 0. The van der Waals surface area contributed by atoms with Gasteiger partial charge in [-0.25, -0.2) is 0 Å². The molecule has 2 atom stereocenters. The van der Waals surface area contributed by atoms with Crippen molar-refractivity contribution < 1.29 is 0 Å². The maximum atomic E-state index is 2.97.